The van der Waals surface area contributed by atoms with E-state index in [4.69, 9.17) is 0 Å². The molecule has 0 radical (unpaired) electrons. The Morgan fingerprint density at radius 2 is 2.24 bits per heavy atom. The second-order valence-corrected chi connectivity index (χ2v) is 3.72. The van der Waals surface area contributed by atoms with Crippen molar-refractivity contribution in [2.45, 2.75) is 13.3 Å². The molecule has 2 rings (SSSR count). The summed E-state index contributed by atoms with van der Waals surface area (Å²) in [5.41, 5.74) is 0.915. The van der Waals surface area contributed by atoms with Crippen LogP contribution in [-0.2, 0) is 7.05 Å². The Morgan fingerprint density at radius 3 is 2.88 bits per heavy atom. The fourth-order valence-electron chi connectivity index (χ4n) is 1.44. The van der Waals surface area contributed by atoms with Crippen molar-refractivity contribution in [3.8, 4) is 11.3 Å². The molecule has 0 atom stereocenters. The summed E-state index contributed by atoms with van der Waals surface area (Å²) < 4.78 is 15.2. The molecule has 0 aliphatic carbocycles. The molecule has 0 saturated heterocycles. The SMILES string of the molecule is CCCNc1ncc(F)c(-c2cnn(C)c2)n1. The van der Waals surface area contributed by atoms with Gasteiger partial charge in [-0.3, -0.25) is 4.68 Å². The van der Waals surface area contributed by atoms with E-state index in [1.54, 1.807) is 24.1 Å². The zero-order chi connectivity index (χ0) is 12.3. The maximum absolute atomic E-state index is 13.6. The summed E-state index contributed by atoms with van der Waals surface area (Å²) >= 11 is 0. The molecule has 6 heteroatoms. The molecule has 0 spiro atoms. The molecule has 0 aromatic carbocycles. The van der Waals surface area contributed by atoms with Gasteiger partial charge in [0.2, 0.25) is 5.95 Å². The van der Waals surface area contributed by atoms with Crippen LogP contribution < -0.4 is 5.32 Å². The average molecular weight is 235 g/mol. The molecule has 0 fully saturated rings. The van der Waals surface area contributed by atoms with E-state index in [1.165, 1.54) is 6.20 Å². The number of anilines is 1. The predicted molar refractivity (Wildman–Crippen MR) is 63.0 cm³/mol. The Hall–Kier alpha value is -1.98. The maximum atomic E-state index is 13.6. The van der Waals surface area contributed by atoms with Gasteiger partial charge in [-0.2, -0.15) is 5.10 Å². The number of hydrogen-bond donors (Lipinski definition) is 1. The molecule has 2 aromatic rings. The van der Waals surface area contributed by atoms with Gasteiger partial charge in [0.25, 0.3) is 0 Å². The Balaban J connectivity index is 2.32. The lowest BCUT2D eigenvalue weighted by atomic mass is 10.2. The third-order valence-corrected chi connectivity index (χ3v) is 2.26. The molecule has 0 unspecified atom stereocenters. The Labute approximate surface area is 98.7 Å². The normalized spacial score (nSPS) is 10.5. The molecule has 2 heterocycles. The highest BCUT2D eigenvalue weighted by molar-refractivity contribution is 5.58. The molecule has 0 bridgehead atoms. The van der Waals surface area contributed by atoms with Crippen LogP contribution in [0, 0.1) is 5.82 Å². The predicted octanol–water partition coefficient (Wildman–Crippen LogP) is 1.84. The van der Waals surface area contributed by atoms with E-state index in [0.29, 0.717) is 11.5 Å². The Kier molecular flexibility index (Phi) is 3.32. The highest BCUT2D eigenvalue weighted by Crippen LogP contribution is 2.20. The first-order chi connectivity index (χ1) is 8.20. The van der Waals surface area contributed by atoms with Crippen molar-refractivity contribution in [3.05, 3.63) is 24.4 Å². The van der Waals surface area contributed by atoms with Crippen molar-refractivity contribution >= 4 is 5.95 Å². The summed E-state index contributed by atoms with van der Waals surface area (Å²) in [6.07, 6.45) is 5.43. The molecule has 5 nitrogen and oxygen atoms in total. The zero-order valence-electron chi connectivity index (χ0n) is 9.81. The van der Waals surface area contributed by atoms with Crippen LogP contribution in [-0.4, -0.2) is 26.3 Å². The first-order valence-electron chi connectivity index (χ1n) is 5.46. The van der Waals surface area contributed by atoms with Crippen molar-refractivity contribution in [2.24, 2.45) is 7.05 Å². The topological polar surface area (TPSA) is 55.6 Å². The van der Waals surface area contributed by atoms with E-state index >= 15 is 0 Å². The standard InChI is InChI=1S/C11H14FN5/c1-3-4-13-11-14-6-9(12)10(16-11)8-5-15-17(2)7-8/h5-7H,3-4H2,1-2H3,(H,13,14,16). The van der Waals surface area contributed by atoms with Crippen molar-refractivity contribution in [2.75, 3.05) is 11.9 Å². The smallest absolute Gasteiger partial charge is 0.223 e. The van der Waals surface area contributed by atoms with Crippen molar-refractivity contribution < 1.29 is 4.39 Å². The fraction of sp³-hybridized carbons (Fsp3) is 0.364. The van der Waals surface area contributed by atoms with Crippen LogP contribution in [0.4, 0.5) is 10.3 Å². The molecule has 1 N–H and O–H groups in total. The van der Waals surface area contributed by atoms with Crippen molar-refractivity contribution in [3.63, 3.8) is 0 Å². The number of halogens is 1. The molecule has 2 aromatic heterocycles. The maximum Gasteiger partial charge on any atom is 0.223 e. The summed E-state index contributed by atoms with van der Waals surface area (Å²) in [6, 6.07) is 0. The lowest BCUT2D eigenvalue weighted by molar-refractivity contribution is 0.618. The lowest BCUT2D eigenvalue weighted by Gasteiger charge is -2.04. The molecule has 0 aliphatic heterocycles. The Bertz CT molecular complexity index is 508. The molecule has 17 heavy (non-hydrogen) atoms. The molecule has 0 amide bonds. The first-order valence-corrected chi connectivity index (χ1v) is 5.46. The van der Waals surface area contributed by atoms with Gasteiger partial charge in [0.15, 0.2) is 5.82 Å². The Morgan fingerprint density at radius 1 is 1.41 bits per heavy atom. The summed E-state index contributed by atoms with van der Waals surface area (Å²) in [5, 5.41) is 7.02. The van der Waals surface area contributed by atoms with Gasteiger partial charge in [-0.25, -0.2) is 14.4 Å². The van der Waals surface area contributed by atoms with Gasteiger partial charge in [0.05, 0.1) is 12.4 Å². The van der Waals surface area contributed by atoms with E-state index in [2.05, 4.69) is 20.4 Å². The number of hydrogen-bond acceptors (Lipinski definition) is 4. The van der Waals surface area contributed by atoms with Crippen molar-refractivity contribution in [1.29, 1.82) is 0 Å². The van der Waals surface area contributed by atoms with Gasteiger partial charge in [-0.05, 0) is 6.42 Å². The van der Waals surface area contributed by atoms with Crippen molar-refractivity contribution in [1.82, 2.24) is 19.7 Å². The zero-order valence-corrected chi connectivity index (χ0v) is 9.81. The fourth-order valence-corrected chi connectivity index (χ4v) is 1.44. The number of nitrogens with zero attached hydrogens (tertiary/aromatic N) is 4. The van der Waals surface area contributed by atoms with Gasteiger partial charge in [-0.1, -0.05) is 6.92 Å². The summed E-state index contributed by atoms with van der Waals surface area (Å²) in [7, 11) is 1.78. The average Bonchev–Trinajstić information content (AvgIpc) is 2.75. The minimum Gasteiger partial charge on any atom is -0.354 e. The minimum absolute atomic E-state index is 0.270. The van der Waals surface area contributed by atoms with Gasteiger partial charge in [0.1, 0.15) is 5.69 Å². The number of aromatic nitrogens is 4. The highest BCUT2D eigenvalue weighted by Gasteiger charge is 2.10. The summed E-state index contributed by atoms with van der Waals surface area (Å²) in [4.78, 5) is 8.03. The van der Waals surface area contributed by atoms with Gasteiger partial charge < -0.3 is 5.32 Å². The molecular weight excluding hydrogens is 221 g/mol. The van der Waals surface area contributed by atoms with Crippen LogP contribution in [0.15, 0.2) is 18.6 Å². The monoisotopic (exact) mass is 235 g/mol. The number of rotatable bonds is 4. The van der Waals surface area contributed by atoms with E-state index in [9.17, 15) is 4.39 Å². The third-order valence-electron chi connectivity index (χ3n) is 2.26. The summed E-state index contributed by atoms with van der Waals surface area (Å²) in [5.74, 6) is -0.00727. The minimum atomic E-state index is -0.444. The second-order valence-electron chi connectivity index (χ2n) is 3.72. The number of nitrogens with one attached hydrogen (secondary N) is 1. The number of aryl methyl sites for hydroxylation is 1. The van der Waals surface area contributed by atoms with E-state index in [1.807, 2.05) is 6.92 Å². The highest BCUT2D eigenvalue weighted by atomic mass is 19.1. The van der Waals surface area contributed by atoms with E-state index in [0.717, 1.165) is 13.0 Å². The lowest BCUT2D eigenvalue weighted by Crippen LogP contribution is -2.05. The van der Waals surface area contributed by atoms with E-state index in [-0.39, 0.29) is 5.69 Å². The van der Waals surface area contributed by atoms with Gasteiger partial charge in [-0.15, -0.1) is 0 Å². The largest absolute Gasteiger partial charge is 0.354 e. The van der Waals surface area contributed by atoms with Crippen LogP contribution in [0.5, 0.6) is 0 Å². The van der Waals surface area contributed by atoms with Crippen LogP contribution in [0.3, 0.4) is 0 Å². The molecule has 0 aliphatic rings. The molecular formula is C11H14FN5. The molecule has 0 saturated carbocycles. The summed E-state index contributed by atoms with van der Waals surface area (Å²) in [6.45, 7) is 2.80. The van der Waals surface area contributed by atoms with Gasteiger partial charge in [0, 0.05) is 25.4 Å². The van der Waals surface area contributed by atoms with Crippen LogP contribution in [0.1, 0.15) is 13.3 Å². The quantitative estimate of drug-likeness (QED) is 0.878. The molecule has 90 valence electrons. The van der Waals surface area contributed by atoms with Crippen LogP contribution >= 0.6 is 0 Å². The van der Waals surface area contributed by atoms with Crippen LogP contribution in [0.25, 0.3) is 11.3 Å². The second kappa shape index (κ2) is 4.90. The van der Waals surface area contributed by atoms with E-state index < -0.39 is 5.82 Å². The first kappa shape index (κ1) is 11.5. The third kappa shape index (κ3) is 2.58. The van der Waals surface area contributed by atoms with Crippen LogP contribution in [0.2, 0.25) is 0 Å². The van der Waals surface area contributed by atoms with Gasteiger partial charge >= 0.3 is 0 Å².